The number of rotatable bonds is 3. The SMILES string of the molecule is O=C(OCC1c2ccccc2-c2ccccc21)N1CCNC(c2cccnc2Cl)C1. The predicted octanol–water partition coefficient (Wildman–Crippen LogP) is 4.63. The zero-order chi connectivity index (χ0) is 20.5. The van der Waals surface area contributed by atoms with Crippen molar-refractivity contribution in [1.29, 1.82) is 0 Å². The topological polar surface area (TPSA) is 54.5 Å². The summed E-state index contributed by atoms with van der Waals surface area (Å²) < 4.78 is 5.80. The van der Waals surface area contributed by atoms with Crippen molar-refractivity contribution in [1.82, 2.24) is 15.2 Å². The summed E-state index contributed by atoms with van der Waals surface area (Å²) in [4.78, 5) is 18.8. The molecule has 1 amide bonds. The van der Waals surface area contributed by atoms with E-state index in [9.17, 15) is 4.79 Å². The first kappa shape index (κ1) is 19.1. The van der Waals surface area contributed by atoms with Crippen LogP contribution in [0.15, 0.2) is 66.9 Å². The van der Waals surface area contributed by atoms with Crippen LogP contribution in [-0.2, 0) is 4.74 Å². The second-order valence-corrected chi connectivity index (χ2v) is 8.00. The molecule has 1 saturated heterocycles. The lowest BCUT2D eigenvalue weighted by atomic mass is 9.98. The predicted molar refractivity (Wildman–Crippen MR) is 117 cm³/mol. The van der Waals surface area contributed by atoms with Crippen molar-refractivity contribution in [2.75, 3.05) is 26.2 Å². The molecular weight excluding hydrogens is 398 g/mol. The third-order valence-electron chi connectivity index (χ3n) is 5.93. The number of hydrogen-bond donors (Lipinski definition) is 1. The van der Waals surface area contributed by atoms with Crippen LogP contribution < -0.4 is 5.32 Å². The second-order valence-electron chi connectivity index (χ2n) is 7.64. The molecular formula is C24H22ClN3O2. The zero-order valence-corrected chi connectivity index (χ0v) is 17.2. The van der Waals surface area contributed by atoms with Gasteiger partial charge >= 0.3 is 6.09 Å². The molecule has 1 unspecified atom stereocenters. The third kappa shape index (κ3) is 3.44. The van der Waals surface area contributed by atoms with E-state index < -0.39 is 0 Å². The Labute approximate surface area is 180 Å². The maximum atomic E-state index is 12.9. The molecule has 1 fully saturated rings. The van der Waals surface area contributed by atoms with Crippen molar-refractivity contribution < 1.29 is 9.53 Å². The average molecular weight is 420 g/mol. The molecule has 152 valence electrons. The van der Waals surface area contributed by atoms with E-state index in [1.807, 2.05) is 24.3 Å². The molecule has 5 rings (SSSR count). The Morgan fingerprint density at radius 3 is 2.40 bits per heavy atom. The molecule has 2 heterocycles. The summed E-state index contributed by atoms with van der Waals surface area (Å²) in [7, 11) is 0. The van der Waals surface area contributed by atoms with Gasteiger partial charge in [0, 0.05) is 37.3 Å². The molecule has 2 aliphatic rings. The highest BCUT2D eigenvalue weighted by molar-refractivity contribution is 6.30. The minimum Gasteiger partial charge on any atom is -0.448 e. The first-order valence-electron chi connectivity index (χ1n) is 10.2. The minimum atomic E-state index is -0.289. The summed E-state index contributed by atoms with van der Waals surface area (Å²) >= 11 is 6.24. The second kappa shape index (κ2) is 8.09. The van der Waals surface area contributed by atoms with Crippen LogP contribution in [0.4, 0.5) is 4.79 Å². The number of carbonyl (C=O) groups excluding carboxylic acids is 1. The number of nitrogens with zero attached hydrogens (tertiary/aromatic N) is 2. The molecule has 5 nitrogen and oxygen atoms in total. The fourth-order valence-electron chi connectivity index (χ4n) is 4.47. The lowest BCUT2D eigenvalue weighted by molar-refractivity contribution is 0.0883. The first-order chi connectivity index (χ1) is 14.7. The summed E-state index contributed by atoms with van der Waals surface area (Å²) in [6.45, 7) is 2.11. The summed E-state index contributed by atoms with van der Waals surface area (Å²) in [5.41, 5.74) is 5.78. The molecule has 1 aromatic heterocycles. The van der Waals surface area contributed by atoms with Gasteiger partial charge < -0.3 is 15.0 Å². The maximum absolute atomic E-state index is 12.9. The molecule has 30 heavy (non-hydrogen) atoms. The normalized spacial score (nSPS) is 18.0. The Kier molecular flexibility index (Phi) is 5.15. The molecule has 6 heteroatoms. The van der Waals surface area contributed by atoms with Gasteiger partial charge in [0.2, 0.25) is 0 Å². The fourth-order valence-corrected chi connectivity index (χ4v) is 4.72. The van der Waals surface area contributed by atoms with Gasteiger partial charge in [-0.3, -0.25) is 0 Å². The van der Waals surface area contributed by atoms with Crippen molar-refractivity contribution >= 4 is 17.7 Å². The van der Waals surface area contributed by atoms with Crippen LogP contribution in [0.25, 0.3) is 11.1 Å². The summed E-state index contributed by atoms with van der Waals surface area (Å²) in [5, 5.41) is 3.87. The lowest BCUT2D eigenvalue weighted by Gasteiger charge is -2.33. The molecule has 0 saturated carbocycles. The van der Waals surface area contributed by atoms with Gasteiger partial charge in [-0.1, -0.05) is 66.2 Å². The molecule has 1 N–H and O–H groups in total. The van der Waals surface area contributed by atoms with Crippen LogP contribution in [0, 0.1) is 0 Å². The number of halogens is 1. The molecule has 0 radical (unpaired) electrons. The Hall–Kier alpha value is -2.89. The van der Waals surface area contributed by atoms with Crippen LogP contribution in [0.1, 0.15) is 28.7 Å². The molecule has 1 aliphatic carbocycles. The van der Waals surface area contributed by atoms with E-state index in [0.29, 0.717) is 31.4 Å². The maximum Gasteiger partial charge on any atom is 0.409 e. The standard InChI is InChI=1S/C24H22ClN3O2/c25-23-20(10-5-11-27-23)22-14-28(13-12-26-22)24(29)30-15-21-18-8-3-1-6-16(18)17-7-2-4-9-19(17)21/h1-11,21-22,26H,12-15H2. The van der Waals surface area contributed by atoms with E-state index in [0.717, 1.165) is 5.56 Å². The van der Waals surface area contributed by atoms with Gasteiger partial charge in [-0.05, 0) is 28.3 Å². The van der Waals surface area contributed by atoms with Gasteiger partial charge in [-0.25, -0.2) is 9.78 Å². The number of carbonyl (C=O) groups is 1. The van der Waals surface area contributed by atoms with E-state index in [1.54, 1.807) is 11.1 Å². The summed E-state index contributed by atoms with van der Waals surface area (Å²) in [5.74, 6) is 0.0628. The Balaban J connectivity index is 1.29. The van der Waals surface area contributed by atoms with Crippen molar-refractivity contribution in [2.24, 2.45) is 0 Å². The van der Waals surface area contributed by atoms with Crippen molar-refractivity contribution in [3.05, 3.63) is 88.7 Å². The van der Waals surface area contributed by atoms with Gasteiger partial charge in [-0.15, -0.1) is 0 Å². The highest BCUT2D eigenvalue weighted by atomic mass is 35.5. The van der Waals surface area contributed by atoms with Crippen LogP contribution in [0.5, 0.6) is 0 Å². The van der Waals surface area contributed by atoms with Gasteiger partial charge in [0.05, 0.1) is 6.04 Å². The van der Waals surface area contributed by atoms with Crippen molar-refractivity contribution in [3.8, 4) is 11.1 Å². The van der Waals surface area contributed by atoms with Crippen LogP contribution in [-0.4, -0.2) is 42.2 Å². The van der Waals surface area contributed by atoms with Crippen LogP contribution in [0.3, 0.4) is 0 Å². The smallest absolute Gasteiger partial charge is 0.409 e. The Morgan fingerprint density at radius 2 is 1.70 bits per heavy atom. The number of aromatic nitrogens is 1. The molecule has 1 aliphatic heterocycles. The monoisotopic (exact) mass is 419 g/mol. The highest BCUT2D eigenvalue weighted by Gasteiger charge is 2.31. The van der Waals surface area contributed by atoms with E-state index >= 15 is 0 Å². The van der Waals surface area contributed by atoms with Crippen molar-refractivity contribution in [2.45, 2.75) is 12.0 Å². The number of benzene rings is 2. The fraction of sp³-hybridized carbons (Fsp3) is 0.250. The lowest BCUT2D eigenvalue weighted by Crippen LogP contribution is -2.48. The number of fused-ring (bicyclic) bond motifs is 3. The van der Waals surface area contributed by atoms with Crippen LogP contribution in [0.2, 0.25) is 5.15 Å². The molecule has 0 spiro atoms. The number of ether oxygens (including phenoxy) is 1. The van der Waals surface area contributed by atoms with E-state index in [1.165, 1.54) is 22.3 Å². The largest absolute Gasteiger partial charge is 0.448 e. The molecule has 0 bridgehead atoms. The number of hydrogen-bond acceptors (Lipinski definition) is 4. The molecule has 3 aromatic rings. The number of pyridine rings is 1. The Bertz CT molecular complexity index is 1040. The van der Waals surface area contributed by atoms with E-state index in [4.69, 9.17) is 16.3 Å². The third-order valence-corrected chi connectivity index (χ3v) is 6.25. The number of amides is 1. The van der Waals surface area contributed by atoms with Gasteiger partial charge in [0.1, 0.15) is 11.8 Å². The Morgan fingerprint density at radius 1 is 1.03 bits per heavy atom. The summed E-state index contributed by atoms with van der Waals surface area (Å²) in [6, 6.07) is 20.4. The minimum absolute atomic E-state index is 0.0552. The molecule has 1 atom stereocenters. The average Bonchev–Trinajstić information content (AvgIpc) is 3.12. The van der Waals surface area contributed by atoms with E-state index in [2.05, 4.69) is 46.7 Å². The van der Waals surface area contributed by atoms with E-state index in [-0.39, 0.29) is 18.1 Å². The van der Waals surface area contributed by atoms with Gasteiger partial charge in [0.25, 0.3) is 0 Å². The summed E-state index contributed by atoms with van der Waals surface area (Å²) in [6.07, 6.45) is 1.38. The number of piperazine rings is 1. The van der Waals surface area contributed by atoms with Crippen molar-refractivity contribution in [3.63, 3.8) is 0 Å². The first-order valence-corrected chi connectivity index (χ1v) is 10.5. The number of nitrogens with one attached hydrogen (secondary N) is 1. The highest BCUT2D eigenvalue weighted by Crippen LogP contribution is 2.44. The zero-order valence-electron chi connectivity index (χ0n) is 16.4. The quantitative estimate of drug-likeness (QED) is 0.629. The molecule has 2 aromatic carbocycles. The van der Waals surface area contributed by atoms with Gasteiger partial charge in [0.15, 0.2) is 0 Å². The van der Waals surface area contributed by atoms with Gasteiger partial charge in [-0.2, -0.15) is 0 Å². The van der Waals surface area contributed by atoms with Crippen LogP contribution >= 0.6 is 11.6 Å².